The number of alkyl halides is 3. The molecule has 0 radical (unpaired) electrons. The number of thiol groups is 1. The van der Waals surface area contributed by atoms with Gasteiger partial charge in [0.05, 0.1) is 10.9 Å². The molecule has 1 saturated heterocycles. The van der Waals surface area contributed by atoms with E-state index in [1.54, 1.807) is 36.4 Å². The minimum absolute atomic E-state index is 0.00647. The molecule has 0 bridgehead atoms. The Morgan fingerprint density at radius 3 is 2.27 bits per heavy atom. The van der Waals surface area contributed by atoms with Crippen LogP contribution in [0.3, 0.4) is 0 Å². The van der Waals surface area contributed by atoms with Gasteiger partial charge in [-0.3, -0.25) is 0 Å². The molecule has 0 saturated carbocycles. The molecule has 3 aromatic rings. The molecule has 1 heterocycles. The van der Waals surface area contributed by atoms with Gasteiger partial charge >= 0.3 is 6.18 Å². The number of benzene rings is 3. The number of hydrogen-bond acceptors (Lipinski definition) is 5. The standard InChI is InChI=1S/C25H23Cl2F3N2O3S2/c1-24(33,25(28,29)30)16-6-9-18(10-7-16)32-13-12-31(37(34,35)23-5-3-2-4-22(23)36)15-21(32)19-14-17(26)8-11-20(19)27/h2-11,14,21,33,36H,12-13,15H2,1H3/t21-,24+/m1/s1. The third kappa shape index (κ3) is 5.46. The first-order valence-electron chi connectivity index (χ1n) is 11.1. The normalized spacial score (nSPS) is 19.0. The average molecular weight is 592 g/mol. The van der Waals surface area contributed by atoms with E-state index in [0.29, 0.717) is 33.1 Å². The summed E-state index contributed by atoms with van der Waals surface area (Å²) in [5.74, 6) is 0. The highest BCUT2D eigenvalue weighted by Gasteiger charge is 2.51. The Morgan fingerprint density at radius 1 is 1.00 bits per heavy atom. The second-order valence-electron chi connectivity index (χ2n) is 8.82. The van der Waals surface area contributed by atoms with Gasteiger partial charge in [-0.2, -0.15) is 17.5 Å². The summed E-state index contributed by atoms with van der Waals surface area (Å²) in [4.78, 5) is 2.25. The summed E-state index contributed by atoms with van der Waals surface area (Å²) >= 11 is 17.0. The van der Waals surface area contributed by atoms with Crippen LogP contribution in [0.25, 0.3) is 0 Å². The molecule has 4 rings (SSSR count). The highest BCUT2D eigenvalue weighted by molar-refractivity contribution is 7.90. The molecule has 1 fully saturated rings. The summed E-state index contributed by atoms with van der Waals surface area (Å²) in [5, 5.41) is 10.8. The fourth-order valence-corrected chi connectivity index (χ4v) is 6.73. The van der Waals surface area contributed by atoms with Crippen molar-refractivity contribution in [2.24, 2.45) is 0 Å². The Labute approximate surface area is 228 Å². The van der Waals surface area contributed by atoms with E-state index >= 15 is 0 Å². The first-order chi connectivity index (χ1) is 17.2. The van der Waals surface area contributed by atoms with Crippen molar-refractivity contribution in [3.63, 3.8) is 0 Å². The highest BCUT2D eigenvalue weighted by Crippen LogP contribution is 2.41. The SMILES string of the molecule is C[C@](O)(c1ccc(N2CCN(S(=O)(=O)c3ccccc3S)C[C@@H]2c2cc(Cl)ccc2Cl)cc1)C(F)(F)F. The quantitative estimate of drug-likeness (QED) is 0.342. The number of aliphatic hydroxyl groups is 1. The van der Waals surface area contributed by atoms with Crippen molar-refractivity contribution < 1.29 is 26.7 Å². The number of piperazine rings is 1. The van der Waals surface area contributed by atoms with Gasteiger partial charge in [0, 0.05) is 40.3 Å². The maximum absolute atomic E-state index is 13.5. The van der Waals surface area contributed by atoms with Crippen LogP contribution in [-0.2, 0) is 15.6 Å². The van der Waals surface area contributed by atoms with E-state index in [1.807, 2.05) is 4.90 Å². The molecule has 37 heavy (non-hydrogen) atoms. The molecular formula is C25H23Cl2F3N2O3S2. The topological polar surface area (TPSA) is 60.9 Å². The summed E-state index contributed by atoms with van der Waals surface area (Å²) < 4.78 is 68.2. The monoisotopic (exact) mass is 590 g/mol. The van der Waals surface area contributed by atoms with Crippen LogP contribution in [0.2, 0.25) is 10.0 Å². The number of halogens is 5. The van der Waals surface area contributed by atoms with Gasteiger partial charge in [0.25, 0.3) is 0 Å². The van der Waals surface area contributed by atoms with Gasteiger partial charge in [0.2, 0.25) is 10.0 Å². The smallest absolute Gasteiger partial charge is 0.376 e. The van der Waals surface area contributed by atoms with E-state index in [0.717, 1.165) is 0 Å². The van der Waals surface area contributed by atoms with Gasteiger partial charge < -0.3 is 10.0 Å². The molecule has 1 aliphatic heterocycles. The fourth-order valence-electron chi connectivity index (χ4n) is 4.28. The van der Waals surface area contributed by atoms with Gasteiger partial charge in [0.15, 0.2) is 5.60 Å². The van der Waals surface area contributed by atoms with Crippen molar-refractivity contribution in [3.8, 4) is 0 Å². The zero-order valence-electron chi connectivity index (χ0n) is 19.5. The number of anilines is 1. The van der Waals surface area contributed by atoms with Crippen LogP contribution in [0, 0.1) is 0 Å². The lowest BCUT2D eigenvalue weighted by Crippen LogP contribution is -2.50. The van der Waals surface area contributed by atoms with Gasteiger partial charge in [-0.15, -0.1) is 12.6 Å². The molecule has 0 aliphatic carbocycles. The lowest BCUT2D eigenvalue weighted by atomic mass is 9.94. The second-order valence-corrected chi connectivity index (χ2v) is 12.1. The average Bonchev–Trinajstić information content (AvgIpc) is 2.84. The third-order valence-corrected chi connectivity index (χ3v) is 9.50. The Kier molecular flexibility index (Phi) is 7.82. The first kappa shape index (κ1) is 28.1. The first-order valence-corrected chi connectivity index (χ1v) is 13.8. The maximum Gasteiger partial charge on any atom is 0.421 e. The number of hydrogen-bond donors (Lipinski definition) is 2. The number of nitrogens with zero attached hydrogens (tertiary/aromatic N) is 2. The molecule has 5 nitrogen and oxygen atoms in total. The molecule has 1 aliphatic rings. The van der Waals surface area contributed by atoms with E-state index in [9.17, 15) is 26.7 Å². The summed E-state index contributed by atoms with van der Waals surface area (Å²) in [6, 6.07) is 16.0. The van der Waals surface area contributed by atoms with E-state index in [-0.39, 0.29) is 30.1 Å². The van der Waals surface area contributed by atoms with Crippen LogP contribution in [0.5, 0.6) is 0 Å². The van der Waals surface area contributed by atoms with Crippen molar-refractivity contribution >= 4 is 51.5 Å². The third-order valence-electron chi connectivity index (χ3n) is 6.46. The van der Waals surface area contributed by atoms with Crippen molar-refractivity contribution in [1.29, 1.82) is 0 Å². The summed E-state index contributed by atoms with van der Waals surface area (Å²) in [7, 11) is -3.91. The van der Waals surface area contributed by atoms with Gasteiger partial charge in [-0.1, -0.05) is 47.5 Å². The lowest BCUT2D eigenvalue weighted by Gasteiger charge is -2.43. The van der Waals surface area contributed by atoms with Gasteiger partial charge in [-0.05, 0) is 60.5 Å². The Bertz CT molecular complexity index is 1400. The fraction of sp³-hybridized carbons (Fsp3) is 0.280. The van der Waals surface area contributed by atoms with Gasteiger partial charge in [0.1, 0.15) is 0 Å². The molecular weight excluding hydrogens is 568 g/mol. The molecule has 0 unspecified atom stereocenters. The molecule has 2 atom stereocenters. The van der Waals surface area contributed by atoms with Crippen LogP contribution in [0.4, 0.5) is 18.9 Å². The van der Waals surface area contributed by atoms with Crippen LogP contribution in [-0.4, -0.2) is 43.6 Å². The minimum atomic E-state index is -4.85. The predicted octanol–water partition coefficient (Wildman–Crippen LogP) is 6.30. The molecule has 1 N–H and O–H groups in total. The summed E-state index contributed by atoms with van der Waals surface area (Å²) in [6.45, 7) is 1.03. The zero-order chi connectivity index (χ0) is 27.2. The zero-order valence-corrected chi connectivity index (χ0v) is 22.7. The summed E-state index contributed by atoms with van der Waals surface area (Å²) in [6.07, 6.45) is -4.85. The van der Waals surface area contributed by atoms with Gasteiger partial charge in [-0.25, -0.2) is 8.42 Å². The lowest BCUT2D eigenvalue weighted by molar-refractivity contribution is -0.258. The Morgan fingerprint density at radius 2 is 1.65 bits per heavy atom. The van der Waals surface area contributed by atoms with E-state index in [1.165, 1.54) is 34.6 Å². The van der Waals surface area contributed by atoms with Crippen molar-refractivity contribution in [2.45, 2.75) is 34.5 Å². The van der Waals surface area contributed by atoms with Crippen LogP contribution < -0.4 is 4.90 Å². The molecule has 3 aromatic carbocycles. The molecule has 198 valence electrons. The molecule has 0 amide bonds. The molecule has 0 aromatic heterocycles. The van der Waals surface area contributed by atoms with E-state index in [4.69, 9.17) is 23.2 Å². The van der Waals surface area contributed by atoms with Crippen molar-refractivity contribution in [2.75, 3.05) is 24.5 Å². The van der Waals surface area contributed by atoms with Crippen molar-refractivity contribution in [3.05, 3.63) is 87.9 Å². The molecule has 0 spiro atoms. The Balaban J connectivity index is 1.73. The number of rotatable bonds is 5. The maximum atomic E-state index is 13.5. The number of sulfonamides is 1. The van der Waals surface area contributed by atoms with Crippen LogP contribution >= 0.6 is 35.8 Å². The van der Waals surface area contributed by atoms with Crippen LogP contribution in [0.15, 0.2) is 76.5 Å². The van der Waals surface area contributed by atoms with Crippen LogP contribution in [0.1, 0.15) is 24.1 Å². The second kappa shape index (κ2) is 10.3. The van der Waals surface area contributed by atoms with E-state index < -0.39 is 27.8 Å². The van der Waals surface area contributed by atoms with Crippen molar-refractivity contribution in [1.82, 2.24) is 4.31 Å². The minimum Gasteiger partial charge on any atom is -0.376 e. The molecule has 12 heteroatoms. The highest BCUT2D eigenvalue weighted by atomic mass is 35.5. The largest absolute Gasteiger partial charge is 0.421 e. The predicted molar refractivity (Wildman–Crippen MR) is 141 cm³/mol. The summed E-state index contributed by atoms with van der Waals surface area (Å²) in [5.41, 5.74) is -2.23. The van der Waals surface area contributed by atoms with E-state index in [2.05, 4.69) is 12.6 Å². The Hall–Kier alpha value is -1.95.